The first-order valence-corrected chi connectivity index (χ1v) is 8.40. The molecule has 2 rings (SSSR count). The number of nitrogens with one attached hydrogen (secondary N) is 1. The molecule has 0 radical (unpaired) electrons. The van der Waals surface area contributed by atoms with Gasteiger partial charge in [-0.15, -0.1) is 24.0 Å². The zero-order valence-corrected chi connectivity index (χ0v) is 18.1. The average Bonchev–Trinajstić information content (AvgIpc) is 2.87. The predicted octanol–water partition coefficient (Wildman–Crippen LogP) is 0.963. The maximum absolute atomic E-state index is 12.2. The molecular formula is C16H30IN5O3. The Morgan fingerprint density at radius 3 is 2.60 bits per heavy atom. The van der Waals surface area contributed by atoms with Crippen LogP contribution < -0.4 is 5.32 Å². The molecule has 0 aromatic carbocycles. The van der Waals surface area contributed by atoms with Crippen LogP contribution in [0, 0.1) is 0 Å². The molecule has 0 bridgehead atoms. The summed E-state index contributed by atoms with van der Waals surface area (Å²) in [7, 11) is 3.50. The van der Waals surface area contributed by atoms with Crippen LogP contribution in [0.5, 0.6) is 0 Å². The van der Waals surface area contributed by atoms with E-state index in [0.29, 0.717) is 32.6 Å². The third-order valence-electron chi connectivity index (χ3n) is 3.98. The number of ether oxygens (including phenoxy) is 1. The van der Waals surface area contributed by atoms with E-state index < -0.39 is 5.60 Å². The number of piperazine rings is 1. The van der Waals surface area contributed by atoms with E-state index in [-0.39, 0.29) is 42.0 Å². The van der Waals surface area contributed by atoms with Crippen molar-refractivity contribution in [1.82, 2.24) is 20.0 Å². The van der Waals surface area contributed by atoms with E-state index >= 15 is 0 Å². The molecule has 2 aliphatic rings. The van der Waals surface area contributed by atoms with Gasteiger partial charge in [-0.2, -0.15) is 0 Å². The number of fused-ring (bicyclic) bond motifs is 1. The van der Waals surface area contributed by atoms with Crippen LogP contribution in [-0.4, -0.2) is 91.1 Å². The van der Waals surface area contributed by atoms with Gasteiger partial charge >= 0.3 is 6.09 Å². The van der Waals surface area contributed by atoms with Crippen LogP contribution in [-0.2, 0) is 9.53 Å². The zero-order chi connectivity index (χ0) is 17.9. The van der Waals surface area contributed by atoms with Gasteiger partial charge in [0.25, 0.3) is 0 Å². The molecule has 2 amide bonds. The summed E-state index contributed by atoms with van der Waals surface area (Å²) in [6, 6.07) is 0.179. The van der Waals surface area contributed by atoms with E-state index in [1.165, 1.54) is 0 Å². The van der Waals surface area contributed by atoms with Crippen LogP contribution >= 0.6 is 24.0 Å². The Bertz CT molecular complexity index is 518. The first-order valence-electron chi connectivity index (χ1n) is 8.40. The van der Waals surface area contributed by atoms with Gasteiger partial charge in [-0.1, -0.05) is 0 Å². The molecule has 0 saturated carbocycles. The van der Waals surface area contributed by atoms with E-state index in [9.17, 15) is 9.59 Å². The second-order valence-corrected chi connectivity index (χ2v) is 7.40. The number of halogens is 1. The molecule has 0 spiro atoms. The Morgan fingerprint density at radius 1 is 1.32 bits per heavy atom. The lowest BCUT2D eigenvalue weighted by Gasteiger charge is -2.39. The van der Waals surface area contributed by atoms with Gasteiger partial charge in [-0.25, -0.2) is 4.79 Å². The average molecular weight is 467 g/mol. The van der Waals surface area contributed by atoms with Gasteiger partial charge in [0.05, 0.1) is 12.6 Å². The number of aliphatic imine (C=N–C) groups is 1. The first kappa shape index (κ1) is 21.8. The Hall–Kier alpha value is -1.26. The maximum atomic E-state index is 12.2. The monoisotopic (exact) mass is 467 g/mol. The van der Waals surface area contributed by atoms with Crippen molar-refractivity contribution in [2.45, 2.75) is 38.8 Å². The molecule has 1 unspecified atom stereocenters. The van der Waals surface area contributed by atoms with Crippen molar-refractivity contribution in [2.75, 3.05) is 46.8 Å². The summed E-state index contributed by atoms with van der Waals surface area (Å²) in [5.41, 5.74) is -0.480. The summed E-state index contributed by atoms with van der Waals surface area (Å²) in [5.74, 6) is 0.919. The summed E-state index contributed by atoms with van der Waals surface area (Å²) < 4.78 is 5.44. The molecule has 0 aliphatic carbocycles. The van der Waals surface area contributed by atoms with Gasteiger partial charge < -0.3 is 24.8 Å². The number of hydrogen-bond acceptors (Lipinski definition) is 6. The molecule has 9 heteroatoms. The first-order chi connectivity index (χ1) is 11.2. The molecule has 0 aromatic heterocycles. The SMILES string of the molecule is CN(C)C(=O)CCNC1=NCC2CN(C(=O)OC(C)(C)C)CCN12.I. The number of amides is 2. The van der Waals surface area contributed by atoms with Crippen LogP contribution in [0.15, 0.2) is 4.99 Å². The van der Waals surface area contributed by atoms with Crippen molar-refractivity contribution in [3.05, 3.63) is 0 Å². The fraction of sp³-hybridized carbons (Fsp3) is 0.812. The number of rotatable bonds is 3. The van der Waals surface area contributed by atoms with Crippen LogP contribution in [0.1, 0.15) is 27.2 Å². The fourth-order valence-corrected chi connectivity index (χ4v) is 2.73. The summed E-state index contributed by atoms with van der Waals surface area (Å²) in [6.45, 7) is 8.78. The van der Waals surface area contributed by atoms with Crippen LogP contribution in [0.4, 0.5) is 4.79 Å². The summed E-state index contributed by atoms with van der Waals surface area (Å²) in [4.78, 5) is 33.8. The number of hydrogen-bond donors (Lipinski definition) is 1. The minimum atomic E-state index is -0.480. The van der Waals surface area contributed by atoms with E-state index in [1.807, 2.05) is 20.8 Å². The van der Waals surface area contributed by atoms with E-state index in [1.54, 1.807) is 23.9 Å². The molecule has 0 aromatic rings. The van der Waals surface area contributed by atoms with Crippen molar-refractivity contribution in [1.29, 1.82) is 0 Å². The lowest BCUT2D eigenvalue weighted by Crippen LogP contribution is -2.57. The van der Waals surface area contributed by atoms with E-state index in [0.717, 1.165) is 12.5 Å². The highest BCUT2D eigenvalue weighted by Crippen LogP contribution is 2.18. The van der Waals surface area contributed by atoms with Crippen molar-refractivity contribution >= 4 is 41.9 Å². The lowest BCUT2D eigenvalue weighted by molar-refractivity contribution is -0.128. The molecular weight excluding hydrogens is 437 g/mol. The quantitative estimate of drug-likeness (QED) is 0.626. The third-order valence-corrected chi connectivity index (χ3v) is 3.98. The fourth-order valence-electron chi connectivity index (χ4n) is 2.73. The minimum Gasteiger partial charge on any atom is -0.444 e. The molecule has 1 saturated heterocycles. The van der Waals surface area contributed by atoms with Crippen molar-refractivity contribution < 1.29 is 14.3 Å². The van der Waals surface area contributed by atoms with Gasteiger partial charge in [0.15, 0.2) is 5.96 Å². The topological polar surface area (TPSA) is 77.5 Å². The third kappa shape index (κ3) is 6.19. The molecule has 1 N–H and O–H groups in total. The number of carbonyl (C=O) groups is 2. The zero-order valence-electron chi connectivity index (χ0n) is 15.7. The van der Waals surface area contributed by atoms with Crippen LogP contribution in [0.2, 0.25) is 0 Å². The van der Waals surface area contributed by atoms with Gasteiger partial charge in [-0.05, 0) is 20.8 Å². The van der Waals surface area contributed by atoms with E-state index in [2.05, 4.69) is 15.2 Å². The molecule has 1 fully saturated rings. The largest absolute Gasteiger partial charge is 0.444 e. The van der Waals surface area contributed by atoms with Gasteiger partial charge in [-0.3, -0.25) is 9.79 Å². The van der Waals surface area contributed by atoms with Crippen LogP contribution in [0.25, 0.3) is 0 Å². The normalized spacial score (nSPS) is 19.6. The van der Waals surface area contributed by atoms with Crippen molar-refractivity contribution in [3.63, 3.8) is 0 Å². The molecule has 8 nitrogen and oxygen atoms in total. The highest BCUT2D eigenvalue weighted by Gasteiger charge is 2.36. The number of guanidine groups is 1. The van der Waals surface area contributed by atoms with Crippen molar-refractivity contribution in [2.24, 2.45) is 4.99 Å². The van der Waals surface area contributed by atoms with Gasteiger partial charge in [0, 0.05) is 46.7 Å². The maximum Gasteiger partial charge on any atom is 0.410 e. The Labute approximate surface area is 167 Å². The highest BCUT2D eigenvalue weighted by atomic mass is 127. The Morgan fingerprint density at radius 2 is 2.00 bits per heavy atom. The summed E-state index contributed by atoms with van der Waals surface area (Å²) >= 11 is 0. The molecule has 2 heterocycles. The number of nitrogens with zero attached hydrogens (tertiary/aromatic N) is 4. The Kier molecular flexibility index (Phi) is 7.76. The number of carbonyl (C=O) groups excluding carboxylic acids is 2. The summed E-state index contributed by atoms with van der Waals surface area (Å²) in [5, 5.41) is 3.24. The standard InChI is InChI=1S/C16H29N5O3.HI/c1-16(2,3)24-15(23)20-8-9-21-12(11-20)10-18-14(21)17-7-6-13(22)19(4)5;/h12H,6-11H2,1-5H3,(H,17,18);1H. The van der Waals surface area contributed by atoms with E-state index in [4.69, 9.17) is 4.74 Å². The van der Waals surface area contributed by atoms with Gasteiger partial charge in [0.1, 0.15) is 5.60 Å². The Balaban J connectivity index is 0.00000312. The molecule has 1 atom stereocenters. The smallest absolute Gasteiger partial charge is 0.410 e. The minimum absolute atomic E-state index is 0. The van der Waals surface area contributed by atoms with Crippen LogP contribution in [0.3, 0.4) is 0 Å². The summed E-state index contributed by atoms with van der Waals surface area (Å²) in [6.07, 6.45) is 0.175. The molecule has 144 valence electrons. The second-order valence-electron chi connectivity index (χ2n) is 7.40. The molecule has 25 heavy (non-hydrogen) atoms. The molecule has 2 aliphatic heterocycles. The van der Waals surface area contributed by atoms with Gasteiger partial charge in [0.2, 0.25) is 5.91 Å². The predicted molar refractivity (Wildman–Crippen MR) is 107 cm³/mol. The highest BCUT2D eigenvalue weighted by molar-refractivity contribution is 14.0. The second kappa shape index (κ2) is 8.91. The lowest BCUT2D eigenvalue weighted by atomic mass is 10.2. The van der Waals surface area contributed by atoms with Crippen molar-refractivity contribution in [3.8, 4) is 0 Å².